The van der Waals surface area contributed by atoms with E-state index < -0.39 is 0 Å². The van der Waals surface area contributed by atoms with Crippen molar-refractivity contribution >= 4 is 22.3 Å². The molecule has 2 aromatic rings. The number of hydrogen-bond acceptors (Lipinski definition) is 4. The number of ether oxygens (including phenoxy) is 1. The van der Waals surface area contributed by atoms with Gasteiger partial charge in [0.25, 0.3) is 0 Å². The van der Waals surface area contributed by atoms with E-state index in [-0.39, 0.29) is 5.97 Å². The van der Waals surface area contributed by atoms with Crippen LogP contribution in [0, 0.1) is 13.8 Å². The zero-order chi connectivity index (χ0) is 11.0. The van der Waals surface area contributed by atoms with Gasteiger partial charge < -0.3 is 4.74 Å². The average Bonchev–Trinajstić information content (AvgIpc) is 2.70. The summed E-state index contributed by atoms with van der Waals surface area (Å²) in [6.07, 6.45) is 0. The van der Waals surface area contributed by atoms with Crippen molar-refractivity contribution in [3.05, 3.63) is 22.5 Å². The smallest absolute Gasteiger partial charge is 0.358 e. The Bertz CT molecular complexity index is 513. The van der Waals surface area contributed by atoms with Gasteiger partial charge in [-0.3, -0.25) is 4.40 Å². The third kappa shape index (κ3) is 1.52. The molecular formula is C10H12N2O2S. The topological polar surface area (TPSA) is 43.6 Å². The van der Waals surface area contributed by atoms with Crippen LogP contribution in [0.2, 0.25) is 0 Å². The summed E-state index contributed by atoms with van der Waals surface area (Å²) in [5, 5.41) is 2.02. The van der Waals surface area contributed by atoms with Crippen molar-refractivity contribution in [3.8, 4) is 0 Å². The second-order valence-corrected chi connectivity index (χ2v) is 4.10. The van der Waals surface area contributed by atoms with Gasteiger partial charge in [0, 0.05) is 11.1 Å². The van der Waals surface area contributed by atoms with Gasteiger partial charge in [0.2, 0.25) is 0 Å². The standard InChI is InChI=1S/C10H12N2O2S/c1-4-14-9(13)8-7(3)12-6(2)5-15-10(12)11-8/h5H,4H2,1-3H3. The summed E-state index contributed by atoms with van der Waals surface area (Å²) in [6.45, 7) is 6.04. The molecule has 0 saturated heterocycles. The molecule has 0 N–H and O–H groups in total. The Hall–Kier alpha value is -1.36. The lowest BCUT2D eigenvalue weighted by atomic mass is 10.3. The third-order valence-corrected chi connectivity index (χ3v) is 3.18. The molecule has 0 aromatic carbocycles. The van der Waals surface area contributed by atoms with Gasteiger partial charge in [0.05, 0.1) is 12.3 Å². The average molecular weight is 224 g/mol. The van der Waals surface area contributed by atoms with E-state index in [1.54, 1.807) is 6.92 Å². The molecule has 0 unspecified atom stereocenters. The van der Waals surface area contributed by atoms with Crippen LogP contribution in [-0.4, -0.2) is 22.0 Å². The highest BCUT2D eigenvalue weighted by Gasteiger charge is 2.18. The maximum absolute atomic E-state index is 11.6. The van der Waals surface area contributed by atoms with E-state index in [4.69, 9.17) is 4.74 Å². The highest BCUT2D eigenvalue weighted by molar-refractivity contribution is 7.15. The van der Waals surface area contributed by atoms with Gasteiger partial charge in [-0.15, -0.1) is 11.3 Å². The van der Waals surface area contributed by atoms with Gasteiger partial charge in [-0.1, -0.05) is 0 Å². The van der Waals surface area contributed by atoms with Gasteiger partial charge >= 0.3 is 5.97 Å². The number of carbonyl (C=O) groups excluding carboxylic acids is 1. The van der Waals surface area contributed by atoms with Crippen molar-refractivity contribution in [2.45, 2.75) is 20.8 Å². The van der Waals surface area contributed by atoms with Gasteiger partial charge in [-0.05, 0) is 20.8 Å². The van der Waals surface area contributed by atoms with Crippen LogP contribution in [0.15, 0.2) is 5.38 Å². The van der Waals surface area contributed by atoms with Crippen LogP contribution in [0.25, 0.3) is 4.96 Å². The number of aryl methyl sites for hydroxylation is 2. The lowest BCUT2D eigenvalue weighted by Crippen LogP contribution is -2.07. The molecule has 0 spiro atoms. The molecule has 0 aliphatic rings. The first-order chi connectivity index (χ1) is 7.15. The van der Waals surface area contributed by atoms with Crippen molar-refractivity contribution in [1.82, 2.24) is 9.38 Å². The number of nitrogens with zero attached hydrogens (tertiary/aromatic N) is 2. The van der Waals surface area contributed by atoms with E-state index in [1.165, 1.54) is 11.3 Å². The molecule has 2 rings (SSSR count). The summed E-state index contributed by atoms with van der Waals surface area (Å²) in [5.74, 6) is -0.342. The van der Waals surface area contributed by atoms with Crippen LogP contribution in [0.5, 0.6) is 0 Å². The Labute approximate surface area is 91.5 Å². The largest absolute Gasteiger partial charge is 0.461 e. The number of rotatable bonds is 2. The second kappa shape index (κ2) is 3.66. The van der Waals surface area contributed by atoms with Crippen molar-refractivity contribution in [2.24, 2.45) is 0 Å². The summed E-state index contributed by atoms with van der Waals surface area (Å²) in [7, 11) is 0. The normalized spacial score (nSPS) is 10.9. The molecule has 0 saturated carbocycles. The number of aromatic nitrogens is 2. The Balaban J connectivity index is 2.53. The predicted molar refractivity (Wildman–Crippen MR) is 58.5 cm³/mol. The van der Waals surface area contributed by atoms with Crippen molar-refractivity contribution in [3.63, 3.8) is 0 Å². The van der Waals surface area contributed by atoms with E-state index >= 15 is 0 Å². The third-order valence-electron chi connectivity index (χ3n) is 2.23. The number of esters is 1. The number of imidazole rings is 1. The first kappa shape index (κ1) is 10.2. The molecule has 0 radical (unpaired) electrons. The van der Waals surface area contributed by atoms with Crippen molar-refractivity contribution < 1.29 is 9.53 Å². The molecule has 2 aromatic heterocycles. The molecule has 0 fully saturated rings. The Morgan fingerprint density at radius 2 is 2.33 bits per heavy atom. The van der Waals surface area contributed by atoms with Crippen LogP contribution in [0.4, 0.5) is 0 Å². The lowest BCUT2D eigenvalue weighted by molar-refractivity contribution is 0.0519. The van der Waals surface area contributed by atoms with Crippen LogP contribution >= 0.6 is 11.3 Å². The maximum Gasteiger partial charge on any atom is 0.358 e. The van der Waals surface area contributed by atoms with E-state index in [0.717, 1.165) is 16.3 Å². The lowest BCUT2D eigenvalue weighted by Gasteiger charge is -1.99. The first-order valence-corrected chi connectivity index (χ1v) is 5.63. The van der Waals surface area contributed by atoms with E-state index in [9.17, 15) is 4.79 Å². The summed E-state index contributed by atoms with van der Waals surface area (Å²) < 4.78 is 6.91. The minimum absolute atomic E-state index is 0.342. The summed E-state index contributed by atoms with van der Waals surface area (Å²) in [6, 6.07) is 0. The van der Waals surface area contributed by atoms with E-state index in [2.05, 4.69) is 4.98 Å². The van der Waals surface area contributed by atoms with E-state index in [0.29, 0.717) is 12.3 Å². The number of thiazole rings is 1. The molecule has 15 heavy (non-hydrogen) atoms. The van der Waals surface area contributed by atoms with Crippen LogP contribution in [0.3, 0.4) is 0 Å². The number of fused-ring (bicyclic) bond motifs is 1. The number of hydrogen-bond donors (Lipinski definition) is 0. The van der Waals surface area contributed by atoms with Crippen LogP contribution < -0.4 is 0 Å². The Morgan fingerprint density at radius 1 is 1.60 bits per heavy atom. The van der Waals surface area contributed by atoms with Gasteiger partial charge in [-0.2, -0.15) is 0 Å². The Morgan fingerprint density at radius 3 is 2.93 bits per heavy atom. The molecule has 80 valence electrons. The fourth-order valence-electron chi connectivity index (χ4n) is 1.55. The highest BCUT2D eigenvalue weighted by atomic mass is 32.1. The monoisotopic (exact) mass is 224 g/mol. The molecule has 4 nitrogen and oxygen atoms in total. The van der Waals surface area contributed by atoms with Crippen molar-refractivity contribution in [1.29, 1.82) is 0 Å². The first-order valence-electron chi connectivity index (χ1n) is 4.75. The van der Waals surface area contributed by atoms with Crippen molar-refractivity contribution in [2.75, 3.05) is 6.61 Å². The SMILES string of the molecule is CCOC(=O)c1nc2scc(C)n2c1C. The van der Waals surface area contributed by atoms with Gasteiger partial charge in [-0.25, -0.2) is 9.78 Å². The molecule has 0 aliphatic heterocycles. The fourth-order valence-corrected chi connectivity index (χ4v) is 2.47. The van der Waals surface area contributed by atoms with Gasteiger partial charge in [0.1, 0.15) is 0 Å². The maximum atomic E-state index is 11.6. The molecule has 2 heterocycles. The van der Waals surface area contributed by atoms with Crippen LogP contribution in [0.1, 0.15) is 28.8 Å². The predicted octanol–water partition coefficient (Wildman–Crippen LogP) is 2.19. The van der Waals surface area contributed by atoms with E-state index in [1.807, 2.05) is 23.6 Å². The minimum atomic E-state index is -0.342. The number of carbonyl (C=O) groups is 1. The molecule has 0 amide bonds. The second-order valence-electron chi connectivity index (χ2n) is 3.26. The zero-order valence-electron chi connectivity index (χ0n) is 8.90. The molecule has 0 bridgehead atoms. The van der Waals surface area contributed by atoms with Gasteiger partial charge in [0.15, 0.2) is 10.7 Å². The molecule has 5 heteroatoms. The summed E-state index contributed by atoms with van der Waals surface area (Å²) in [4.78, 5) is 16.7. The molecule has 0 aliphatic carbocycles. The quantitative estimate of drug-likeness (QED) is 0.734. The summed E-state index contributed by atoms with van der Waals surface area (Å²) in [5.41, 5.74) is 2.37. The minimum Gasteiger partial charge on any atom is -0.461 e. The molecular weight excluding hydrogens is 212 g/mol. The fraction of sp³-hybridized carbons (Fsp3) is 0.400. The highest BCUT2D eigenvalue weighted by Crippen LogP contribution is 2.20. The Kier molecular flexibility index (Phi) is 2.48. The van der Waals surface area contributed by atoms with Crippen LogP contribution in [-0.2, 0) is 4.74 Å². The molecule has 0 atom stereocenters. The summed E-state index contributed by atoms with van der Waals surface area (Å²) >= 11 is 1.53. The zero-order valence-corrected chi connectivity index (χ0v) is 9.72.